The fourth-order valence-electron chi connectivity index (χ4n) is 2.21. The van der Waals surface area contributed by atoms with Gasteiger partial charge in [-0.25, -0.2) is 0 Å². The van der Waals surface area contributed by atoms with Crippen molar-refractivity contribution in [1.82, 2.24) is 15.5 Å². The Labute approximate surface area is 115 Å². The number of nitrogens with zero attached hydrogens (tertiary/aromatic N) is 2. The molecular weight excluding hydrogens is 234 g/mol. The van der Waals surface area contributed by atoms with Crippen LogP contribution < -0.4 is 5.32 Å². The van der Waals surface area contributed by atoms with Crippen molar-refractivity contribution < 1.29 is 0 Å². The van der Waals surface area contributed by atoms with Gasteiger partial charge >= 0.3 is 0 Å². The van der Waals surface area contributed by atoms with E-state index in [0.29, 0.717) is 6.04 Å². The summed E-state index contributed by atoms with van der Waals surface area (Å²) in [4.78, 5) is 0. The minimum absolute atomic E-state index is 0.299. The summed E-state index contributed by atoms with van der Waals surface area (Å²) in [5.74, 6) is 0. The van der Waals surface area contributed by atoms with Crippen LogP contribution in [0.3, 0.4) is 0 Å². The summed E-state index contributed by atoms with van der Waals surface area (Å²) in [7, 11) is 0. The minimum atomic E-state index is 0.299. The summed E-state index contributed by atoms with van der Waals surface area (Å²) in [6.07, 6.45) is 5.66. The van der Waals surface area contributed by atoms with Crippen LogP contribution in [0, 0.1) is 0 Å². The van der Waals surface area contributed by atoms with Crippen molar-refractivity contribution in [3.05, 3.63) is 59.4 Å². The first-order valence-electron chi connectivity index (χ1n) is 6.91. The highest BCUT2D eigenvalue weighted by Crippen LogP contribution is 2.17. The van der Waals surface area contributed by atoms with Crippen LogP contribution in [0.15, 0.2) is 42.7 Å². The van der Waals surface area contributed by atoms with E-state index in [2.05, 4.69) is 53.6 Å². The van der Waals surface area contributed by atoms with Crippen molar-refractivity contribution in [3.8, 4) is 0 Å². The highest BCUT2D eigenvalue weighted by molar-refractivity contribution is 5.25. The van der Waals surface area contributed by atoms with Crippen LogP contribution in [-0.4, -0.2) is 16.7 Å². The first-order chi connectivity index (χ1) is 9.33. The van der Waals surface area contributed by atoms with Gasteiger partial charge in [0.2, 0.25) is 0 Å². The van der Waals surface area contributed by atoms with Gasteiger partial charge in [0.15, 0.2) is 0 Å². The lowest BCUT2D eigenvalue weighted by molar-refractivity contribution is 0.546. The molecule has 0 aliphatic heterocycles. The van der Waals surface area contributed by atoms with E-state index in [9.17, 15) is 0 Å². The smallest absolute Gasteiger partial charge is 0.0544 e. The van der Waals surface area contributed by atoms with Crippen LogP contribution in [0.25, 0.3) is 0 Å². The average molecular weight is 255 g/mol. The number of hydrogen-bond acceptors (Lipinski definition) is 3. The van der Waals surface area contributed by atoms with E-state index in [4.69, 9.17) is 0 Å². The van der Waals surface area contributed by atoms with Crippen molar-refractivity contribution in [2.75, 3.05) is 6.54 Å². The van der Waals surface area contributed by atoms with Gasteiger partial charge in [-0.2, -0.15) is 10.2 Å². The van der Waals surface area contributed by atoms with Gasteiger partial charge in [0, 0.05) is 12.2 Å². The lowest BCUT2D eigenvalue weighted by Gasteiger charge is -2.18. The number of benzene rings is 1. The van der Waals surface area contributed by atoms with Gasteiger partial charge in [-0.3, -0.25) is 0 Å². The SMILES string of the molecule is CCNC(Cc1ccc(CC)cc1)c1ccnnc1. The van der Waals surface area contributed by atoms with Gasteiger partial charge in [0.1, 0.15) is 0 Å². The van der Waals surface area contributed by atoms with Crippen molar-refractivity contribution in [1.29, 1.82) is 0 Å². The third kappa shape index (κ3) is 3.86. The summed E-state index contributed by atoms with van der Waals surface area (Å²) in [5, 5.41) is 11.3. The van der Waals surface area contributed by atoms with E-state index in [1.807, 2.05) is 12.3 Å². The topological polar surface area (TPSA) is 37.8 Å². The predicted octanol–water partition coefficient (Wildman–Crippen LogP) is 2.93. The number of hydrogen-bond donors (Lipinski definition) is 1. The Hall–Kier alpha value is -1.74. The van der Waals surface area contributed by atoms with Crippen LogP contribution in [0.1, 0.15) is 36.6 Å². The van der Waals surface area contributed by atoms with E-state index in [0.717, 1.165) is 19.4 Å². The first kappa shape index (κ1) is 13.7. The molecule has 0 amide bonds. The second-order valence-electron chi connectivity index (χ2n) is 4.66. The van der Waals surface area contributed by atoms with E-state index in [-0.39, 0.29) is 0 Å². The Morgan fingerprint density at radius 2 is 1.74 bits per heavy atom. The Morgan fingerprint density at radius 1 is 1.00 bits per heavy atom. The molecule has 1 heterocycles. The second-order valence-corrected chi connectivity index (χ2v) is 4.66. The number of likely N-dealkylation sites (N-methyl/N-ethyl adjacent to an activating group) is 1. The van der Waals surface area contributed by atoms with Crippen molar-refractivity contribution >= 4 is 0 Å². The molecule has 0 fully saturated rings. The molecule has 0 radical (unpaired) electrons. The molecule has 0 aliphatic carbocycles. The largest absolute Gasteiger partial charge is 0.310 e. The molecule has 3 nitrogen and oxygen atoms in total. The lowest BCUT2D eigenvalue weighted by atomic mass is 9.99. The number of aromatic nitrogens is 2. The summed E-state index contributed by atoms with van der Waals surface area (Å²) in [6.45, 7) is 5.25. The molecular formula is C16H21N3. The van der Waals surface area contributed by atoms with Crippen molar-refractivity contribution in [3.63, 3.8) is 0 Å². The monoisotopic (exact) mass is 255 g/mol. The molecule has 2 rings (SSSR count). The Kier molecular flexibility index (Phi) is 5.04. The Morgan fingerprint density at radius 3 is 2.32 bits per heavy atom. The molecule has 0 bridgehead atoms. The van der Waals surface area contributed by atoms with E-state index >= 15 is 0 Å². The lowest BCUT2D eigenvalue weighted by Crippen LogP contribution is -2.23. The molecule has 1 aromatic carbocycles. The number of nitrogens with one attached hydrogen (secondary N) is 1. The van der Waals surface area contributed by atoms with Crippen LogP contribution >= 0.6 is 0 Å². The van der Waals surface area contributed by atoms with Gasteiger partial charge in [-0.15, -0.1) is 0 Å². The molecule has 0 spiro atoms. The molecule has 100 valence electrons. The Bertz CT molecular complexity index is 479. The fourth-order valence-corrected chi connectivity index (χ4v) is 2.21. The van der Waals surface area contributed by atoms with Crippen molar-refractivity contribution in [2.45, 2.75) is 32.7 Å². The van der Waals surface area contributed by atoms with Gasteiger partial charge in [0.05, 0.1) is 6.20 Å². The molecule has 1 unspecified atom stereocenters. The summed E-state index contributed by atoms with van der Waals surface area (Å²) in [5.41, 5.74) is 3.92. The Balaban J connectivity index is 2.11. The number of aryl methyl sites for hydroxylation is 1. The summed E-state index contributed by atoms with van der Waals surface area (Å²) >= 11 is 0. The third-order valence-corrected chi connectivity index (χ3v) is 3.33. The molecule has 19 heavy (non-hydrogen) atoms. The highest BCUT2D eigenvalue weighted by Gasteiger charge is 2.11. The van der Waals surface area contributed by atoms with Gasteiger partial charge < -0.3 is 5.32 Å². The standard InChI is InChI=1S/C16H21N3/c1-3-13-5-7-14(8-6-13)11-16(17-4-2)15-9-10-18-19-12-15/h5-10,12,16-17H,3-4,11H2,1-2H3. The van der Waals surface area contributed by atoms with E-state index in [1.165, 1.54) is 16.7 Å². The van der Waals surface area contributed by atoms with Crippen LogP contribution in [0.5, 0.6) is 0 Å². The third-order valence-electron chi connectivity index (χ3n) is 3.33. The van der Waals surface area contributed by atoms with Gasteiger partial charge in [-0.05, 0) is 42.1 Å². The molecule has 1 atom stereocenters. The normalized spacial score (nSPS) is 12.3. The molecule has 0 saturated heterocycles. The molecule has 0 aliphatic rings. The maximum Gasteiger partial charge on any atom is 0.0544 e. The maximum absolute atomic E-state index is 3.97. The van der Waals surface area contributed by atoms with E-state index < -0.39 is 0 Å². The zero-order valence-corrected chi connectivity index (χ0v) is 11.6. The molecule has 3 heteroatoms. The molecule has 0 saturated carbocycles. The molecule has 1 aromatic heterocycles. The molecule has 2 aromatic rings. The van der Waals surface area contributed by atoms with Crippen LogP contribution in [-0.2, 0) is 12.8 Å². The second kappa shape index (κ2) is 7.00. The fraction of sp³-hybridized carbons (Fsp3) is 0.375. The zero-order valence-electron chi connectivity index (χ0n) is 11.6. The predicted molar refractivity (Wildman–Crippen MR) is 78.0 cm³/mol. The molecule has 1 N–H and O–H groups in total. The first-order valence-corrected chi connectivity index (χ1v) is 6.91. The highest BCUT2D eigenvalue weighted by atomic mass is 15.1. The maximum atomic E-state index is 3.97. The van der Waals surface area contributed by atoms with Crippen LogP contribution in [0.4, 0.5) is 0 Å². The van der Waals surface area contributed by atoms with E-state index in [1.54, 1.807) is 6.20 Å². The van der Waals surface area contributed by atoms with Gasteiger partial charge in [-0.1, -0.05) is 38.1 Å². The van der Waals surface area contributed by atoms with Crippen LogP contribution in [0.2, 0.25) is 0 Å². The minimum Gasteiger partial charge on any atom is -0.310 e. The average Bonchev–Trinajstić information content (AvgIpc) is 2.48. The summed E-state index contributed by atoms with van der Waals surface area (Å²) < 4.78 is 0. The van der Waals surface area contributed by atoms with Crippen molar-refractivity contribution in [2.24, 2.45) is 0 Å². The summed E-state index contributed by atoms with van der Waals surface area (Å²) in [6, 6.07) is 11.2. The van der Waals surface area contributed by atoms with Gasteiger partial charge in [0.25, 0.3) is 0 Å². The zero-order chi connectivity index (χ0) is 13.5. The number of rotatable bonds is 6. The quantitative estimate of drug-likeness (QED) is 0.862.